The van der Waals surface area contributed by atoms with Crippen LogP contribution >= 0.6 is 11.8 Å². The quantitative estimate of drug-likeness (QED) is 0.398. The highest BCUT2D eigenvalue weighted by molar-refractivity contribution is 7.99. The van der Waals surface area contributed by atoms with E-state index in [1.54, 1.807) is 18.1 Å². The summed E-state index contributed by atoms with van der Waals surface area (Å²) in [5.74, 6) is 0.971. The van der Waals surface area contributed by atoms with Crippen LogP contribution in [0, 0.1) is 0 Å². The average Bonchev–Trinajstić information content (AvgIpc) is 2.95. The molecule has 0 aliphatic carbocycles. The molecule has 0 saturated carbocycles. The van der Waals surface area contributed by atoms with Crippen molar-refractivity contribution in [3.8, 4) is 11.3 Å². The highest BCUT2D eigenvalue weighted by Gasteiger charge is 2.08. The normalized spacial score (nSPS) is 10.6. The minimum Gasteiger partial charge on any atom is -0.412 e. The first-order valence-corrected chi connectivity index (χ1v) is 8.85. The minimum atomic E-state index is -4.67. The van der Waals surface area contributed by atoms with Gasteiger partial charge in [-0.3, -0.25) is 13.5 Å². The lowest BCUT2D eigenvalue weighted by molar-refractivity contribution is 0.381. The molecule has 0 unspecified atom stereocenters. The standard InChI is InChI=1S/C13H12N4S.H2O4S.H2O/c1-2-18-13-15-11(10-6-4-3-5-7-10)8-12-16-14-9-17(12)13;1-5(2,3)4;/h3-9H,2H2,1H3;(H2,1,2,3,4);1H2. The molecule has 11 heteroatoms. The zero-order valence-electron chi connectivity index (χ0n) is 12.6. The zero-order chi connectivity index (χ0) is 16.9. The molecule has 0 aliphatic rings. The van der Waals surface area contributed by atoms with Crippen molar-refractivity contribution >= 4 is 27.8 Å². The first-order chi connectivity index (χ1) is 10.9. The van der Waals surface area contributed by atoms with Crippen LogP contribution in [0.3, 0.4) is 0 Å². The van der Waals surface area contributed by atoms with Gasteiger partial charge in [0.1, 0.15) is 6.33 Å². The third kappa shape index (κ3) is 5.86. The molecule has 0 fully saturated rings. The second-order valence-corrected chi connectivity index (χ2v) is 6.36. The van der Waals surface area contributed by atoms with Crippen LogP contribution in [0.15, 0.2) is 47.9 Å². The van der Waals surface area contributed by atoms with E-state index >= 15 is 0 Å². The van der Waals surface area contributed by atoms with E-state index < -0.39 is 10.4 Å². The lowest BCUT2D eigenvalue weighted by Gasteiger charge is -2.06. The Bertz CT molecular complexity index is 876. The SMILES string of the molecule is CCSc1nc(-c2ccccc2)cc2nncn12.O.O=S(=O)(O)O. The van der Waals surface area contributed by atoms with Crippen molar-refractivity contribution in [1.82, 2.24) is 19.6 Å². The van der Waals surface area contributed by atoms with Crippen molar-refractivity contribution in [2.45, 2.75) is 12.1 Å². The number of hydrogen-bond donors (Lipinski definition) is 2. The van der Waals surface area contributed by atoms with Gasteiger partial charge >= 0.3 is 10.4 Å². The van der Waals surface area contributed by atoms with Crippen molar-refractivity contribution in [1.29, 1.82) is 0 Å². The molecule has 0 amide bonds. The smallest absolute Gasteiger partial charge is 0.394 e. The molecule has 0 aliphatic heterocycles. The molecular formula is C13H16N4O5S2. The molecule has 0 spiro atoms. The Kier molecular flexibility index (Phi) is 7.25. The molecule has 130 valence electrons. The van der Waals surface area contributed by atoms with Gasteiger partial charge in [-0.1, -0.05) is 49.0 Å². The Hall–Kier alpha value is -2.05. The average molecular weight is 372 g/mol. The van der Waals surface area contributed by atoms with Crippen LogP contribution in [0.1, 0.15) is 6.92 Å². The molecule has 3 aromatic rings. The van der Waals surface area contributed by atoms with Crippen LogP contribution in [0.25, 0.3) is 16.9 Å². The van der Waals surface area contributed by atoms with Crippen molar-refractivity contribution in [3.63, 3.8) is 0 Å². The van der Waals surface area contributed by atoms with Crippen LogP contribution in [0.2, 0.25) is 0 Å². The number of nitrogens with zero attached hydrogens (tertiary/aromatic N) is 4. The molecule has 4 N–H and O–H groups in total. The van der Waals surface area contributed by atoms with E-state index in [-0.39, 0.29) is 5.48 Å². The molecule has 24 heavy (non-hydrogen) atoms. The topological polar surface area (TPSA) is 149 Å². The number of fused-ring (bicyclic) bond motifs is 1. The van der Waals surface area contributed by atoms with Crippen LogP contribution in [-0.4, -0.2) is 48.3 Å². The summed E-state index contributed by atoms with van der Waals surface area (Å²) in [6.45, 7) is 2.11. The molecule has 0 atom stereocenters. The van der Waals surface area contributed by atoms with E-state index in [9.17, 15) is 0 Å². The minimum absolute atomic E-state index is 0. The monoisotopic (exact) mass is 372 g/mol. The van der Waals surface area contributed by atoms with Crippen molar-refractivity contribution in [2.24, 2.45) is 0 Å². The lowest BCUT2D eigenvalue weighted by Crippen LogP contribution is -1.96. The van der Waals surface area contributed by atoms with Gasteiger partial charge in [-0.05, 0) is 5.75 Å². The van der Waals surface area contributed by atoms with Gasteiger partial charge in [0.2, 0.25) is 0 Å². The summed E-state index contributed by atoms with van der Waals surface area (Å²) in [7, 11) is -4.67. The molecule has 2 aromatic heterocycles. The van der Waals surface area contributed by atoms with Gasteiger partial charge in [-0.15, -0.1) is 10.2 Å². The maximum absolute atomic E-state index is 8.74. The predicted molar refractivity (Wildman–Crippen MR) is 90.4 cm³/mol. The van der Waals surface area contributed by atoms with E-state index in [1.807, 2.05) is 28.7 Å². The molecule has 1 aromatic carbocycles. The largest absolute Gasteiger partial charge is 0.412 e. The number of aromatic nitrogens is 4. The second kappa shape index (κ2) is 8.70. The predicted octanol–water partition coefficient (Wildman–Crippen LogP) is 1.43. The van der Waals surface area contributed by atoms with Gasteiger partial charge in [0.15, 0.2) is 10.8 Å². The third-order valence-electron chi connectivity index (χ3n) is 2.61. The molecule has 9 nitrogen and oxygen atoms in total. The van der Waals surface area contributed by atoms with Gasteiger partial charge in [0.05, 0.1) is 5.69 Å². The first-order valence-electron chi connectivity index (χ1n) is 6.47. The highest BCUT2D eigenvalue weighted by Crippen LogP contribution is 2.23. The van der Waals surface area contributed by atoms with Gasteiger partial charge in [0, 0.05) is 11.6 Å². The maximum Gasteiger partial charge on any atom is 0.394 e. The first kappa shape index (κ1) is 20.0. The van der Waals surface area contributed by atoms with Crippen LogP contribution in [0.5, 0.6) is 0 Å². The highest BCUT2D eigenvalue weighted by atomic mass is 32.3. The van der Waals surface area contributed by atoms with Gasteiger partial charge in [-0.2, -0.15) is 8.42 Å². The fourth-order valence-corrected chi connectivity index (χ4v) is 2.49. The van der Waals surface area contributed by atoms with Gasteiger partial charge < -0.3 is 5.48 Å². The van der Waals surface area contributed by atoms with Crippen LogP contribution < -0.4 is 0 Å². The van der Waals surface area contributed by atoms with Gasteiger partial charge in [0.25, 0.3) is 0 Å². The molecule has 0 radical (unpaired) electrons. The van der Waals surface area contributed by atoms with Crippen molar-refractivity contribution in [2.75, 3.05) is 5.75 Å². The molecule has 0 bridgehead atoms. The van der Waals surface area contributed by atoms with E-state index in [0.717, 1.165) is 27.8 Å². The number of benzene rings is 1. The fourth-order valence-electron chi connectivity index (χ4n) is 1.79. The fraction of sp³-hybridized carbons (Fsp3) is 0.154. The third-order valence-corrected chi connectivity index (χ3v) is 3.44. The van der Waals surface area contributed by atoms with E-state index in [0.29, 0.717) is 0 Å². The van der Waals surface area contributed by atoms with E-state index in [1.165, 1.54) is 0 Å². The zero-order valence-corrected chi connectivity index (χ0v) is 14.2. The summed E-state index contributed by atoms with van der Waals surface area (Å²) in [6.07, 6.45) is 1.70. The Morgan fingerprint density at radius 3 is 2.42 bits per heavy atom. The summed E-state index contributed by atoms with van der Waals surface area (Å²) < 4.78 is 33.5. The maximum atomic E-state index is 8.74. The summed E-state index contributed by atoms with van der Waals surface area (Å²) in [6, 6.07) is 12.1. The number of rotatable bonds is 3. The number of thioether (sulfide) groups is 1. The van der Waals surface area contributed by atoms with Crippen LogP contribution in [0.4, 0.5) is 0 Å². The molecule has 0 saturated heterocycles. The Morgan fingerprint density at radius 1 is 1.21 bits per heavy atom. The summed E-state index contributed by atoms with van der Waals surface area (Å²) in [5.41, 5.74) is 2.87. The van der Waals surface area contributed by atoms with Crippen molar-refractivity contribution < 1.29 is 23.0 Å². The second-order valence-electron chi connectivity index (χ2n) is 4.23. The molecule has 3 rings (SSSR count). The Morgan fingerprint density at radius 2 is 1.83 bits per heavy atom. The molecule has 2 heterocycles. The number of hydrogen-bond acceptors (Lipinski definition) is 6. The van der Waals surface area contributed by atoms with Crippen molar-refractivity contribution in [3.05, 3.63) is 42.7 Å². The summed E-state index contributed by atoms with van der Waals surface area (Å²) >= 11 is 1.69. The van der Waals surface area contributed by atoms with E-state index in [2.05, 4.69) is 34.2 Å². The van der Waals surface area contributed by atoms with E-state index in [4.69, 9.17) is 17.5 Å². The lowest BCUT2D eigenvalue weighted by atomic mass is 10.1. The Labute approximate surface area is 142 Å². The van der Waals surface area contributed by atoms with Gasteiger partial charge in [-0.25, -0.2) is 4.98 Å². The Balaban J connectivity index is 0.000000425. The van der Waals surface area contributed by atoms with Crippen LogP contribution in [-0.2, 0) is 10.4 Å². The molecular weight excluding hydrogens is 356 g/mol. The summed E-state index contributed by atoms with van der Waals surface area (Å²) in [5, 5.41) is 8.98. The summed E-state index contributed by atoms with van der Waals surface area (Å²) in [4.78, 5) is 4.68.